The third kappa shape index (κ3) is 6.51. The van der Waals surface area contributed by atoms with Gasteiger partial charge in [-0.05, 0) is 6.07 Å². The number of hydrogen-bond acceptors (Lipinski definition) is 11. The smallest absolute Gasteiger partial charge is 0.351 e. The van der Waals surface area contributed by atoms with Crippen LogP contribution in [0.1, 0.15) is 47.8 Å². The highest BCUT2D eigenvalue weighted by atomic mass is 16.7. The largest absolute Gasteiger partial charge is 0.463 e. The van der Waals surface area contributed by atoms with Gasteiger partial charge in [-0.1, -0.05) is 41.5 Å². The number of nitrogens with zero attached hydrogens (tertiary/aromatic N) is 2. The van der Waals surface area contributed by atoms with Crippen LogP contribution in [0.2, 0.25) is 0 Å². The van der Waals surface area contributed by atoms with Crippen molar-refractivity contribution in [2.75, 3.05) is 12.1 Å². The van der Waals surface area contributed by atoms with E-state index in [-0.39, 0.29) is 12.4 Å². The van der Waals surface area contributed by atoms with E-state index in [4.69, 9.17) is 24.2 Å². The predicted octanol–water partition coefficient (Wildman–Crippen LogP) is 1.28. The predicted molar refractivity (Wildman–Crippen MR) is 113 cm³/mol. The summed E-state index contributed by atoms with van der Waals surface area (Å²) in [6.45, 7) is 9.54. The Kier molecular flexibility index (Phi) is 8.94. The van der Waals surface area contributed by atoms with Crippen molar-refractivity contribution in [1.82, 2.24) is 9.55 Å². The summed E-state index contributed by atoms with van der Waals surface area (Å²) in [5, 5.41) is 8.99. The van der Waals surface area contributed by atoms with E-state index in [1.165, 1.54) is 12.3 Å². The summed E-state index contributed by atoms with van der Waals surface area (Å²) < 4.78 is 23.4. The van der Waals surface area contributed by atoms with Gasteiger partial charge in [0.25, 0.3) is 0 Å². The summed E-state index contributed by atoms with van der Waals surface area (Å²) in [4.78, 5) is 53.0. The maximum absolute atomic E-state index is 12.5. The fourth-order valence-corrected chi connectivity index (χ4v) is 2.87. The third-order valence-electron chi connectivity index (χ3n) is 4.81. The first-order valence-electron chi connectivity index (χ1n) is 10.7. The van der Waals surface area contributed by atoms with Gasteiger partial charge in [0.2, 0.25) is 0 Å². The minimum atomic E-state index is -1.23. The van der Waals surface area contributed by atoms with Gasteiger partial charge in [0.1, 0.15) is 12.7 Å². The monoisotopic (exact) mass is 469 g/mol. The van der Waals surface area contributed by atoms with Gasteiger partial charge in [-0.3, -0.25) is 29.6 Å². The quantitative estimate of drug-likeness (QED) is 0.305. The molecule has 0 spiro atoms. The number of aromatic nitrogens is 2. The Morgan fingerprint density at radius 2 is 1.58 bits per heavy atom. The zero-order chi connectivity index (χ0) is 24.9. The zero-order valence-corrected chi connectivity index (χ0v) is 19.5. The Bertz CT molecular complexity index is 912. The van der Waals surface area contributed by atoms with Crippen molar-refractivity contribution >= 4 is 23.7 Å². The summed E-state index contributed by atoms with van der Waals surface area (Å²) in [7, 11) is 0. The Morgan fingerprint density at radius 1 is 1.03 bits per heavy atom. The summed E-state index contributed by atoms with van der Waals surface area (Å²) in [6, 6.07) is 1.30. The maximum atomic E-state index is 12.5. The fraction of sp³-hybridized carbons (Fsp3) is 0.667. The SMILES string of the molecule is CC(C)C(=O)OC[C@H]1O[C@@H](n2ccc(NO)nc2=O)[C@H](OC(=O)C(C)C)[C@@H]1OC(=O)C(C)C. The van der Waals surface area contributed by atoms with Crippen LogP contribution in [0.5, 0.6) is 0 Å². The van der Waals surface area contributed by atoms with Crippen LogP contribution in [-0.4, -0.2) is 57.6 Å². The maximum Gasteiger partial charge on any atom is 0.351 e. The Balaban J connectivity index is 2.46. The lowest BCUT2D eigenvalue weighted by Gasteiger charge is -2.26. The second kappa shape index (κ2) is 11.2. The van der Waals surface area contributed by atoms with Gasteiger partial charge < -0.3 is 18.9 Å². The highest BCUT2D eigenvalue weighted by Gasteiger charge is 2.51. The molecule has 0 aromatic carbocycles. The molecule has 0 unspecified atom stereocenters. The first-order valence-corrected chi connectivity index (χ1v) is 10.7. The molecule has 1 saturated heterocycles. The highest BCUT2D eigenvalue weighted by molar-refractivity contribution is 5.73. The van der Waals surface area contributed by atoms with Gasteiger partial charge in [-0.2, -0.15) is 4.98 Å². The molecule has 4 atom stereocenters. The molecule has 0 saturated carbocycles. The van der Waals surface area contributed by atoms with Crippen LogP contribution in [0.4, 0.5) is 5.82 Å². The number of rotatable bonds is 9. The Labute approximate surface area is 191 Å². The normalized spacial score (nSPS) is 22.5. The molecule has 0 amide bonds. The number of esters is 3. The van der Waals surface area contributed by atoms with E-state index >= 15 is 0 Å². The zero-order valence-electron chi connectivity index (χ0n) is 19.5. The fourth-order valence-electron chi connectivity index (χ4n) is 2.87. The minimum Gasteiger partial charge on any atom is -0.463 e. The van der Waals surface area contributed by atoms with Crippen molar-refractivity contribution < 1.29 is 38.5 Å². The van der Waals surface area contributed by atoms with Crippen LogP contribution in [0, 0.1) is 17.8 Å². The van der Waals surface area contributed by atoms with E-state index in [9.17, 15) is 19.2 Å². The molecule has 1 aliphatic rings. The first kappa shape index (κ1) is 26.3. The number of carbonyl (C=O) groups excluding carboxylic acids is 3. The van der Waals surface area contributed by atoms with Crippen molar-refractivity contribution in [2.24, 2.45) is 17.8 Å². The minimum absolute atomic E-state index is 0.102. The van der Waals surface area contributed by atoms with Crippen LogP contribution in [-0.2, 0) is 33.3 Å². The molecule has 1 aromatic rings. The number of nitrogens with one attached hydrogen (secondary N) is 1. The van der Waals surface area contributed by atoms with Crippen LogP contribution < -0.4 is 11.2 Å². The molecule has 2 rings (SSSR count). The lowest BCUT2D eigenvalue weighted by molar-refractivity contribution is -0.173. The molecule has 12 nitrogen and oxygen atoms in total. The molecule has 1 fully saturated rings. The van der Waals surface area contributed by atoms with E-state index in [2.05, 4.69) is 4.98 Å². The van der Waals surface area contributed by atoms with Gasteiger partial charge >= 0.3 is 23.6 Å². The van der Waals surface area contributed by atoms with Crippen LogP contribution >= 0.6 is 0 Å². The summed E-state index contributed by atoms with van der Waals surface area (Å²) in [5.41, 5.74) is 0.945. The second-order valence-corrected chi connectivity index (χ2v) is 8.58. The molecule has 1 aromatic heterocycles. The van der Waals surface area contributed by atoms with Gasteiger partial charge in [0.05, 0.1) is 17.8 Å². The second-order valence-electron chi connectivity index (χ2n) is 8.58. The van der Waals surface area contributed by atoms with Gasteiger partial charge in [-0.15, -0.1) is 0 Å². The van der Waals surface area contributed by atoms with Crippen molar-refractivity contribution in [2.45, 2.75) is 66.1 Å². The number of hydrogen-bond donors (Lipinski definition) is 2. The van der Waals surface area contributed by atoms with Crippen LogP contribution in [0.25, 0.3) is 0 Å². The summed E-state index contributed by atoms with van der Waals surface area (Å²) in [5.74, 6) is -3.20. The van der Waals surface area contributed by atoms with Crippen LogP contribution in [0.3, 0.4) is 0 Å². The number of anilines is 1. The molecule has 1 aliphatic heterocycles. The molecule has 0 radical (unpaired) electrons. The van der Waals surface area contributed by atoms with Crippen LogP contribution in [0.15, 0.2) is 17.1 Å². The van der Waals surface area contributed by atoms with Gasteiger partial charge in [-0.25, -0.2) is 4.79 Å². The molecular formula is C21H31N3O9. The van der Waals surface area contributed by atoms with E-state index in [0.717, 1.165) is 4.57 Å². The molecule has 12 heteroatoms. The lowest BCUT2D eigenvalue weighted by atomic mass is 10.1. The molecule has 0 bridgehead atoms. The highest BCUT2D eigenvalue weighted by Crippen LogP contribution is 2.34. The average molecular weight is 469 g/mol. The molecule has 33 heavy (non-hydrogen) atoms. The Hall–Kier alpha value is -2.99. The van der Waals surface area contributed by atoms with Gasteiger partial charge in [0.15, 0.2) is 24.3 Å². The topological polar surface area (TPSA) is 155 Å². The summed E-state index contributed by atoms with van der Waals surface area (Å²) in [6.07, 6.45) is -3.35. The molecule has 2 N–H and O–H groups in total. The average Bonchev–Trinajstić information content (AvgIpc) is 3.08. The van der Waals surface area contributed by atoms with E-state index in [1.54, 1.807) is 47.0 Å². The molecule has 0 aliphatic carbocycles. The van der Waals surface area contributed by atoms with Crippen molar-refractivity contribution in [3.05, 3.63) is 22.7 Å². The number of carbonyl (C=O) groups is 3. The lowest BCUT2D eigenvalue weighted by Crippen LogP contribution is -2.43. The molecule has 2 heterocycles. The van der Waals surface area contributed by atoms with E-state index < -0.39 is 65.9 Å². The third-order valence-corrected chi connectivity index (χ3v) is 4.81. The van der Waals surface area contributed by atoms with Crippen molar-refractivity contribution in [3.63, 3.8) is 0 Å². The first-order chi connectivity index (χ1) is 15.5. The van der Waals surface area contributed by atoms with E-state index in [1.807, 2.05) is 0 Å². The Morgan fingerprint density at radius 3 is 2.06 bits per heavy atom. The van der Waals surface area contributed by atoms with E-state index in [0.29, 0.717) is 0 Å². The number of ether oxygens (including phenoxy) is 4. The van der Waals surface area contributed by atoms with Crippen molar-refractivity contribution in [1.29, 1.82) is 0 Å². The standard InChI is InChI=1S/C21H31N3O9/c1-10(2)18(25)30-9-13-15(32-19(26)11(3)4)16(33-20(27)12(5)6)17(31-13)24-8-7-14(23-29)22-21(24)28/h7-8,10-13,15-17,29H,9H2,1-6H3,(H,22,23,28)/t13-,15-,16-,17-/m1/s1. The molecule has 184 valence electrons. The molecular weight excluding hydrogens is 438 g/mol. The van der Waals surface area contributed by atoms with Gasteiger partial charge in [0, 0.05) is 6.20 Å². The van der Waals surface area contributed by atoms with Crippen molar-refractivity contribution in [3.8, 4) is 0 Å². The summed E-state index contributed by atoms with van der Waals surface area (Å²) >= 11 is 0.